The van der Waals surface area contributed by atoms with Gasteiger partial charge in [0.2, 0.25) is 0 Å². The van der Waals surface area contributed by atoms with Crippen molar-refractivity contribution in [3.8, 4) is 5.75 Å². The number of methoxy groups -OCH3 is 1. The van der Waals surface area contributed by atoms with Crippen molar-refractivity contribution in [2.45, 2.75) is 0 Å². The molecule has 23 heavy (non-hydrogen) atoms. The lowest BCUT2D eigenvalue weighted by molar-refractivity contribution is -0.122. The molecule has 8 nitrogen and oxygen atoms in total. The van der Waals surface area contributed by atoms with Crippen LogP contribution in [-0.2, 0) is 4.79 Å². The molecule has 0 bridgehead atoms. The highest BCUT2D eigenvalue weighted by molar-refractivity contribution is 5.98. The van der Waals surface area contributed by atoms with Gasteiger partial charge in [0, 0.05) is 25.7 Å². The van der Waals surface area contributed by atoms with E-state index in [-0.39, 0.29) is 17.9 Å². The molecule has 0 aliphatic carbocycles. The molecule has 0 radical (unpaired) electrons. The van der Waals surface area contributed by atoms with Crippen LogP contribution in [0.1, 0.15) is 20.7 Å². The Balaban J connectivity index is 0.00000149. The van der Waals surface area contributed by atoms with E-state index in [1.807, 2.05) is 19.0 Å². The van der Waals surface area contributed by atoms with Crippen LogP contribution in [0.25, 0.3) is 0 Å². The second-order valence-electron chi connectivity index (χ2n) is 4.89. The van der Waals surface area contributed by atoms with Crippen LogP contribution in [0.15, 0.2) is 18.2 Å². The monoisotopic (exact) mass is 326 g/mol. The fraction of sp³-hybridized carbons (Fsp3) is 0.400. The zero-order valence-electron chi connectivity index (χ0n) is 13.6. The van der Waals surface area contributed by atoms with Gasteiger partial charge in [-0.3, -0.25) is 9.59 Å². The summed E-state index contributed by atoms with van der Waals surface area (Å²) in [6.45, 7) is 1.05. The molecule has 0 atom stereocenters. The fourth-order valence-corrected chi connectivity index (χ4v) is 1.64. The summed E-state index contributed by atoms with van der Waals surface area (Å²) >= 11 is 0. The number of carbonyl (C=O) groups is 3. The third kappa shape index (κ3) is 7.28. The summed E-state index contributed by atoms with van der Waals surface area (Å²) < 4.78 is 5.03. The SMILES string of the molecule is COc1cc(C(=O)O)cc(C(=O)N(C)CCN(C)C)c1.O=CO. The number of hydrogen-bond acceptors (Lipinski definition) is 5. The molecule has 0 aliphatic heterocycles. The Labute approximate surface area is 134 Å². The molecular weight excluding hydrogens is 304 g/mol. The van der Waals surface area contributed by atoms with Crippen molar-refractivity contribution in [3.05, 3.63) is 29.3 Å². The first-order chi connectivity index (χ1) is 10.8. The Bertz CT molecular complexity index is 545. The van der Waals surface area contributed by atoms with Crippen molar-refractivity contribution >= 4 is 18.3 Å². The number of carbonyl (C=O) groups excluding carboxylic acids is 1. The second-order valence-corrected chi connectivity index (χ2v) is 4.89. The number of rotatable bonds is 6. The third-order valence-electron chi connectivity index (χ3n) is 2.87. The molecule has 8 heteroatoms. The molecule has 128 valence electrons. The standard InChI is InChI=1S/C14H20N2O4.CH2O2/c1-15(2)5-6-16(3)13(17)10-7-11(14(18)19)9-12(8-10)20-4;2-1-3/h7-9H,5-6H2,1-4H3,(H,18,19);1H,(H,2,3). The number of aromatic carboxylic acids is 1. The van der Waals surface area contributed by atoms with Gasteiger partial charge in [-0.2, -0.15) is 0 Å². The molecule has 0 fully saturated rings. The van der Waals surface area contributed by atoms with Crippen LogP contribution in [0.5, 0.6) is 5.75 Å². The Morgan fingerprint density at radius 2 is 1.65 bits per heavy atom. The lowest BCUT2D eigenvalue weighted by atomic mass is 10.1. The van der Waals surface area contributed by atoms with Gasteiger partial charge in [-0.05, 0) is 32.3 Å². The van der Waals surface area contributed by atoms with Crippen LogP contribution in [0.2, 0.25) is 0 Å². The van der Waals surface area contributed by atoms with Gasteiger partial charge < -0.3 is 24.7 Å². The van der Waals surface area contributed by atoms with Crippen molar-refractivity contribution in [2.24, 2.45) is 0 Å². The van der Waals surface area contributed by atoms with E-state index in [0.29, 0.717) is 17.9 Å². The summed E-state index contributed by atoms with van der Waals surface area (Å²) in [5.74, 6) is -0.962. The molecule has 0 aliphatic rings. The molecule has 0 saturated carbocycles. The zero-order valence-corrected chi connectivity index (χ0v) is 13.6. The van der Waals surface area contributed by atoms with Gasteiger partial charge >= 0.3 is 5.97 Å². The fourth-order valence-electron chi connectivity index (χ4n) is 1.64. The molecular formula is C15H22N2O6. The molecule has 2 N–H and O–H groups in total. The Morgan fingerprint density at radius 3 is 2.09 bits per heavy atom. The van der Waals surface area contributed by atoms with Crippen molar-refractivity contribution in [3.63, 3.8) is 0 Å². The van der Waals surface area contributed by atoms with Crippen LogP contribution in [0.4, 0.5) is 0 Å². The molecule has 1 aromatic rings. The largest absolute Gasteiger partial charge is 0.497 e. The molecule has 1 rings (SSSR count). The highest BCUT2D eigenvalue weighted by atomic mass is 16.5. The quantitative estimate of drug-likeness (QED) is 0.742. The topological polar surface area (TPSA) is 107 Å². The minimum atomic E-state index is -1.09. The van der Waals surface area contributed by atoms with Crippen LogP contribution in [0, 0.1) is 0 Å². The molecule has 1 aromatic carbocycles. The van der Waals surface area contributed by atoms with Crippen LogP contribution >= 0.6 is 0 Å². The molecule has 0 heterocycles. The van der Waals surface area contributed by atoms with Crippen molar-refractivity contribution in [2.75, 3.05) is 41.3 Å². The number of carboxylic acid groups (broad SMARTS) is 2. The molecule has 0 spiro atoms. The van der Waals surface area contributed by atoms with Gasteiger partial charge in [-0.1, -0.05) is 0 Å². The summed E-state index contributed by atoms with van der Waals surface area (Å²) in [4.78, 5) is 35.2. The maximum Gasteiger partial charge on any atom is 0.335 e. The van der Waals surface area contributed by atoms with Crippen LogP contribution in [-0.4, -0.2) is 79.7 Å². The number of likely N-dealkylation sites (N-methyl/N-ethyl adjacent to an activating group) is 2. The molecule has 0 unspecified atom stereocenters. The first kappa shape index (κ1) is 20.4. The molecule has 0 aromatic heterocycles. The minimum Gasteiger partial charge on any atom is -0.497 e. The van der Waals surface area contributed by atoms with Gasteiger partial charge in [-0.15, -0.1) is 0 Å². The predicted octanol–water partition coefficient (Wildman–Crippen LogP) is 0.728. The van der Waals surface area contributed by atoms with Crippen molar-refractivity contribution in [1.29, 1.82) is 0 Å². The summed E-state index contributed by atoms with van der Waals surface area (Å²) in [5, 5.41) is 15.9. The summed E-state index contributed by atoms with van der Waals surface area (Å²) in [7, 11) is 6.97. The maximum atomic E-state index is 12.3. The van der Waals surface area contributed by atoms with E-state index in [0.717, 1.165) is 6.54 Å². The minimum absolute atomic E-state index is 0.0358. The lowest BCUT2D eigenvalue weighted by Gasteiger charge is -2.20. The van der Waals surface area contributed by atoms with E-state index in [1.54, 1.807) is 18.0 Å². The first-order valence-electron chi connectivity index (χ1n) is 6.67. The molecule has 1 amide bonds. The summed E-state index contributed by atoms with van der Waals surface area (Å²) in [5.41, 5.74) is 0.344. The van der Waals surface area contributed by atoms with Crippen molar-refractivity contribution < 1.29 is 29.3 Å². The molecule has 0 saturated heterocycles. The van der Waals surface area contributed by atoms with Crippen molar-refractivity contribution in [1.82, 2.24) is 9.80 Å². The summed E-state index contributed by atoms with van der Waals surface area (Å²) in [6.07, 6.45) is 0. The van der Waals surface area contributed by atoms with Gasteiger partial charge in [0.05, 0.1) is 12.7 Å². The number of hydrogen-bond donors (Lipinski definition) is 2. The lowest BCUT2D eigenvalue weighted by Crippen LogP contribution is -2.33. The highest BCUT2D eigenvalue weighted by Crippen LogP contribution is 2.18. The van der Waals surface area contributed by atoms with Gasteiger partial charge in [-0.25, -0.2) is 4.79 Å². The van der Waals surface area contributed by atoms with Gasteiger partial charge in [0.15, 0.2) is 0 Å². The average molecular weight is 326 g/mol. The van der Waals surface area contributed by atoms with Gasteiger partial charge in [0.25, 0.3) is 12.4 Å². The maximum absolute atomic E-state index is 12.3. The second kappa shape index (κ2) is 10.2. The van der Waals surface area contributed by atoms with Crippen LogP contribution < -0.4 is 4.74 Å². The van der Waals surface area contributed by atoms with E-state index in [4.69, 9.17) is 19.7 Å². The van der Waals surface area contributed by atoms with Gasteiger partial charge in [0.1, 0.15) is 5.75 Å². The first-order valence-corrected chi connectivity index (χ1v) is 6.67. The van der Waals surface area contributed by atoms with E-state index < -0.39 is 5.97 Å². The average Bonchev–Trinajstić information content (AvgIpc) is 2.51. The van der Waals surface area contributed by atoms with E-state index >= 15 is 0 Å². The predicted molar refractivity (Wildman–Crippen MR) is 84.2 cm³/mol. The van der Waals surface area contributed by atoms with E-state index in [2.05, 4.69) is 0 Å². The Morgan fingerprint density at radius 1 is 1.13 bits per heavy atom. The number of benzene rings is 1. The number of nitrogens with zero attached hydrogens (tertiary/aromatic N) is 2. The highest BCUT2D eigenvalue weighted by Gasteiger charge is 2.16. The smallest absolute Gasteiger partial charge is 0.335 e. The summed E-state index contributed by atoms with van der Waals surface area (Å²) in [6, 6.07) is 4.29. The zero-order chi connectivity index (χ0) is 18.0. The van der Waals surface area contributed by atoms with E-state index in [9.17, 15) is 9.59 Å². The normalized spacial score (nSPS) is 9.61. The Hall–Kier alpha value is -2.61. The number of ether oxygens (including phenoxy) is 1. The van der Waals surface area contributed by atoms with Crippen LogP contribution in [0.3, 0.4) is 0 Å². The van der Waals surface area contributed by atoms with E-state index in [1.165, 1.54) is 19.2 Å². The third-order valence-corrected chi connectivity index (χ3v) is 2.87. The number of amides is 1. The Kier molecular flexibility index (Phi) is 9.02. The number of carboxylic acids is 1.